The molecule has 0 bridgehead atoms. The Hall–Kier alpha value is -0.0800. The highest BCUT2D eigenvalue weighted by atomic mass is 14.8. The fraction of sp³-hybridized carbons (Fsp3) is 1.00. The van der Waals surface area contributed by atoms with Gasteiger partial charge in [-0.25, -0.2) is 0 Å². The second-order valence-electron chi connectivity index (χ2n) is 1.91. The van der Waals surface area contributed by atoms with E-state index in [2.05, 4.69) is 5.32 Å². The Morgan fingerprint density at radius 3 is 2.50 bits per heavy atom. The molecule has 49 valence electrons. The van der Waals surface area contributed by atoms with Crippen LogP contribution in [0.25, 0.3) is 0 Å². The van der Waals surface area contributed by atoms with Crippen molar-refractivity contribution in [1.82, 2.24) is 11.1 Å². The van der Waals surface area contributed by atoms with E-state index in [-0.39, 0.29) is 0 Å². The Morgan fingerprint density at radius 1 is 1.25 bits per heavy atom. The molecule has 2 heteroatoms. The average Bonchev–Trinajstić information content (AvgIpc) is 1.81. The van der Waals surface area contributed by atoms with E-state index in [1.807, 2.05) is 7.05 Å². The van der Waals surface area contributed by atoms with E-state index in [9.17, 15) is 0 Å². The zero-order valence-corrected chi connectivity index (χ0v) is 5.54. The lowest BCUT2D eigenvalue weighted by atomic mass is 10.2. The summed E-state index contributed by atoms with van der Waals surface area (Å²) in [6.07, 6.45) is 3.47. The van der Waals surface area contributed by atoms with Crippen molar-refractivity contribution in [1.29, 1.82) is 0 Å². The fourth-order valence-corrected chi connectivity index (χ4v) is 0.604. The largest absolute Gasteiger partial charge is 0.320 e. The Labute approximate surface area is 51.5 Å². The average molecular weight is 115 g/mol. The highest BCUT2D eigenvalue weighted by molar-refractivity contribution is 4.43. The van der Waals surface area contributed by atoms with Crippen molar-refractivity contribution in [2.45, 2.75) is 19.3 Å². The summed E-state index contributed by atoms with van der Waals surface area (Å²) in [5, 5.41) is 3.07. The molecule has 0 rings (SSSR count). The number of hydrogen-bond acceptors (Lipinski definition) is 1. The molecule has 0 aromatic rings. The molecule has 0 heterocycles. The smallest absolute Gasteiger partial charge is 0.00997 e. The van der Waals surface area contributed by atoms with Gasteiger partial charge in [-0.1, -0.05) is 6.42 Å². The molecule has 1 radical (unpaired) electrons. The van der Waals surface area contributed by atoms with Crippen molar-refractivity contribution in [3.8, 4) is 0 Å². The summed E-state index contributed by atoms with van der Waals surface area (Å²) in [6, 6.07) is 0. The molecule has 0 saturated carbocycles. The SMILES string of the molecule is CNCCCCC[NH]. The molecule has 2 N–H and O–H groups in total. The third kappa shape index (κ3) is 5.92. The molecular weight excluding hydrogens is 100 g/mol. The second kappa shape index (κ2) is 6.92. The number of unbranched alkanes of at least 4 members (excludes halogenated alkanes) is 2. The van der Waals surface area contributed by atoms with Gasteiger partial charge in [-0.3, -0.25) is 5.73 Å². The molecular formula is C6H15N2. The number of rotatable bonds is 5. The molecule has 0 amide bonds. The molecule has 0 spiro atoms. The zero-order chi connectivity index (χ0) is 6.24. The van der Waals surface area contributed by atoms with Gasteiger partial charge in [0.1, 0.15) is 0 Å². The van der Waals surface area contributed by atoms with Gasteiger partial charge < -0.3 is 5.32 Å². The lowest BCUT2D eigenvalue weighted by Crippen LogP contribution is -2.07. The molecule has 0 unspecified atom stereocenters. The maximum absolute atomic E-state index is 6.82. The van der Waals surface area contributed by atoms with Crippen LogP contribution in [0.15, 0.2) is 0 Å². The third-order valence-electron chi connectivity index (χ3n) is 1.10. The van der Waals surface area contributed by atoms with Gasteiger partial charge in [0.2, 0.25) is 0 Å². The van der Waals surface area contributed by atoms with E-state index >= 15 is 0 Å². The molecule has 0 fully saturated rings. The van der Waals surface area contributed by atoms with E-state index in [1.54, 1.807) is 0 Å². The molecule has 0 atom stereocenters. The van der Waals surface area contributed by atoms with Gasteiger partial charge >= 0.3 is 0 Å². The molecule has 0 aliphatic carbocycles. The molecule has 0 aliphatic rings. The van der Waals surface area contributed by atoms with E-state index in [1.165, 1.54) is 12.8 Å². The Morgan fingerprint density at radius 2 is 2.00 bits per heavy atom. The van der Waals surface area contributed by atoms with Crippen LogP contribution < -0.4 is 11.1 Å². The highest BCUT2D eigenvalue weighted by Crippen LogP contribution is 1.90. The Balaban J connectivity index is 2.53. The van der Waals surface area contributed by atoms with Crippen molar-refractivity contribution in [3.63, 3.8) is 0 Å². The Kier molecular flexibility index (Phi) is 6.85. The summed E-state index contributed by atoms with van der Waals surface area (Å²) < 4.78 is 0. The first kappa shape index (κ1) is 7.92. The van der Waals surface area contributed by atoms with Crippen LogP contribution >= 0.6 is 0 Å². The number of hydrogen-bond donors (Lipinski definition) is 1. The standard InChI is InChI=1S/C6H15N2/c1-8-6-4-2-3-5-7/h7-8H,2-6H2,1H3. The van der Waals surface area contributed by atoms with Crippen LogP contribution in [0.5, 0.6) is 0 Å². The lowest BCUT2D eigenvalue weighted by molar-refractivity contribution is 0.644. The minimum atomic E-state index is 0.587. The van der Waals surface area contributed by atoms with Crippen LogP contribution in [-0.4, -0.2) is 20.1 Å². The van der Waals surface area contributed by atoms with Gasteiger partial charge in [0.25, 0.3) is 0 Å². The summed E-state index contributed by atoms with van der Waals surface area (Å²) in [7, 11) is 1.96. The zero-order valence-electron chi connectivity index (χ0n) is 5.54. The minimum Gasteiger partial charge on any atom is -0.320 e. The first-order valence-corrected chi connectivity index (χ1v) is 3.21. The molecule has 0 aromatic carbocycles. The van der Waals surface area contributed by atoms with Gasteiger partial charge in [0.15, 0.2) is 0 Å². The van der Waals surface area contributed by atoms with Gasteiger partial charge in [0, 0.05) is 6.54 Å². The maximum atomic E-state index is 6.82. The van der Waals surface area contributed by atoms with Crippen LogP contribution in [0.3, 0.4) is 0 Å². The minimum absolute atomic E-state index is 0.587. The molecule has 0 aromatic heterocycles. The molecule has 0 saturated heterocycles. The van der Waals surface area contributed by atoms with Crippen molar-refractivity contribution in [2.75, 3.05) is 20.1 Å². The summed E-state index contributed by atoms with van der Waals surface area (Å²) >= 11 is 0. The van der Waals surface area contributed by atoms with Gasteiger partial charge in [-0.2, -0.15) is 0 Å². The van der Waals surface area contributed by atoms with Crippen LogP contribution in [0.4, 0.5) is 0 Å². The normalized spacial score (nSPS) is 9.75. The fourth-order valence-electron chi connectivity index (χ4n) is 0.604. The van der Waals surface area contributed by atoms with E-state index < -0.39 is 0 Å². The summed E-state index contributed by atoms with van der Waals surface area (Å²) in [4.78, 5) is 0. The summed E-state index contributed by atoms with van der Waals surface area (Å²) in [5.41, 5.74) is 6.82. The van der Waals surface area contributed by atoms with Crippen LogP contribution in [0.1, 0.15) is 19.3 Å². The third-order valence-corrected chi connectivity index (χ3v) is 1.10. The predicted molar refractivity (Wildman–Crippen MR) is 35.7 cm³/mol. The predicted octanol–water partition coefficient (Wildman–Crippen LogP) is 0.659. The van der Waals surface area contributed by atoms with Gasteiger partial charge in [0.05, 0.1) is 0 Å². The first-order chi connectivity index (χ1) is 3.91. The lowest BCUT2D eigenvalue weighted by Gasteiger charge is -1.95. The first-order valence-electron chi connectivity index (χ1n) is 3.21. The highest BCUT2D eigenvalue weighted by Gasteiger charge is 1.83. The van der Waals surface area contributed by atoms with Crippen LogP contribution in [0.2, 0.25) is 0 Å². The van der Waals surface area contributed by atoms with E-state index in [0.717, 1.165) is 13.0 Å². The van der Waals surface area contributed by atoms with Gasteiger partial charge in [-0.15, -0.1) is 0 Å². The van der Waals surface area contributed by atoms with Crippen LogP contribution in [0, 0.1) is 0 Å². The molecule has 0 aliphatic heterocycles. The van der Waals surface area contributed by atoms with Gasteiger partial charge in [-0.05, 0) is 26.4 Å². The maximum Gasteiger partial charge on any atom is 0.00997 e. The summed E-state index contributed by atoms with van der Waals surface area (Å²) in [5.74, 6) is 0. The second-order valence-corrected chi connectivity index (χ2v) is 1.91. The van der Waals surface area contributed by atoms with Crippen LogP contribution in [-0.2, 0) is 0 Å². The monoisotopic (exact) mass is 115 g/mol. The summed E-state index contributed by atoms with van der Waals surface area (Å²) in [6.45, 7) is 1.68. The molecule has 8 heavy (non-hydrogen) atoms. The van der Waals surface area contributed by atoms with Crippen molar-refractivity contribution < 1.29 is 0 Å². The quantitative estimate of drug-likeness (QED) is 0.525. The van der Waals surface area contributed by atoms with Crippen molar-refractivity contribution in [2.24, 2.45) is 0 Å². The Bertz CT molecular complexity index is 31.5. The topological polar surface area (TPSA) is 35.8 Å². The van der Waals surface area contributed by atoms with Crippen molar-refractivity contribution >= 4 is 0 Å². The van der Waals surface area contributed by atoms with E-state index in [0.29, 0.717) is 6.54 Å². The van der Waals surface area contributed by atoms with Crippen molar-refractivity contribution in [3.05, 3.63) is 0 Å². The number of nitrogens with one attached hydrogen (secondary N) is 2. The molecule has 2 nitrogen and oxygen atoms in total. The van der Waals surface area contributed by atoms with E-state index in [4.69, 9.17) is 5.73 Å².